The van der Waals surface area contributed by atoms with Gasteiger partial charge in [0.05, 0.1) is 31.0 Å². The highest BCUT2D eigenvalue weighted by atomic mass is 32.1. The average Bonchev–Trinajstić information content (AvgIpc) is 3.22. The Hall–Kier alpha value is -2.64. The van der Waals surface area contributed by atoms with Crippen molar-refractivity contribution in [3.05, 3.63) is 53.8 Å². The first kappa shape index (κ1) is 20.6. The topological polar surface area (TPSA) is 59.5 Å². The lowest BCUT2D eigenvalue weighted by atomic mass is 10.1. The molecule has 1 fully saturated rings. The summed E-state index contributed by atoms with van der Waals surface area (Å²) >= 11 is 1.67. The van der Waals surface area contributed by atoms with Crippen LogP contribution in [-0.2, 0) is 11.3 Å². The molecule has 4 rings (SSSR count). The molecule has 3 heterocycles. The van der Waals surface area contributed by atoms with E-state index in [0.29, 0.717) is 13.2 Å². The monoisotopic (exact) mass is 424 g/mol. The Balaban J connectivity index is 1.47. The van der Waals surface area contributed by atoms with Crippen LogP contribution < -0.4 is 15.0 Å². The van der Waals surface area contributed by atoms with Crippen LogP contribution in [0.3, 0.4) is 0 Å². The second-order valence-corrected chi connectivity index (χ2v) is 8.99. The minimum absolute atomic E-state index is 0.140. The van der Waals surface area contributed by atoms with E-state index in [0.717, 1.165) is 52.3 Å². The van der Waals surface area contributed by atoms with Crippen LogP contribution in [0.1, 0.15) is 25.6 Å². The molecule has 0 radical (unpaired) electrons. The van der Waals surface area contributed by atoms with Gasteiger partial charge in [0.25, 0.3) is 0 Å². The van der Waals surface area contributed by atoms with Crippen molar-refractivity contribution < 1.29 is 9.47 Å². The Morgan fingerprint density at radius 2 is 2.17 bits per heavy atom. The standard InChI is InChI=1S/C23H28N4O2S/c1-4-28-21-12-18(27-10-11-29-23(2,3)16-27)7-8-20(21)25-14-19-15-26-22(30-19)17-6-5-9-24-13-17/h5-9,12-13,15,25H,4,10-11,14,16H2,1-3H3. The molecule has 7 heteroatoms. The number of rotatable bonds is 7. The number of hydrogen-bond donors (Lipinski definition) is 1. The molecule has 1 aliphatic rings. The van der Waals surface area contributed by atoms with Crippen LogP contribution in [0.4, 0.5) is 11.4 Å². The lowest BCUT2D eigenvalue weighted by Gasteiger charge is -2.39. The van der Waals surface area contributed by atoms with Gasteiger partial charge < -0.3 is 19.7 Å². The van der Waals surface area contributed by atoms with Gasteiger partial charge in [-0.15, -0.1) is 11.3 Å². The largest absolute Gasteiger partial charge is 0.492 e. The van der Waals surface area contributed by atoms with Crippen molar-refractivity contribution in [1.29, 1.82) is 0 Å². The SMILES string of the molecule is CCOc1cc(N2CCOC(C)(C)C2)ccc1NCc1cnc(-c2cccnc2)s1. The molecule has 6 nitrogen and oxygen atoms in total. The number of nitrogens with one attached hydrogen (secondary N) is 1. The molecular weight excluding hydrogens is 396 g/mol. The summed E-state index contributed by atoms with van der Waals surface area (Å²) in [6.45, 7) is 10.1. The second kappa shape index (κ2) is 9.02. The number of morpholine rings is 1. The molecular formula is C23H28N4O2S. The summed E-state index contributed by atoms with van der Waals surface area (Å²) in [5.74, 6) is 0.872. The highest BCUT2D eigenvalue weighted by Crippen LogP contribution is 2.33. The predicted molar refractivity (Wildman–Crippen MR) is 123 cm³/mol. The van der Waals surface area contributed by atoms with E-state index in [2.05, 4.69) is 52.2 Å². The highest BCUT2D eigenvalue weighted by molar-refractivity contribution is 7.15. The van der Waals surface area contributed by atoms with Gasteiger partial charge >= 0.3 is 0 Å². The molecule has 0 bridgehead atoms. The lowest BCUT2D eigenvalue weighted by molar-refractivity contribution is -0.0277. The van der Waals surface area contributed by atoms with E-state index in [4.69, 9.17) is 9.47 Å². The van der Waals surface area contributed by atoms with Crippen molar-refractivity contribution in [3.63, 3.8) is 0 Å². The summed E-state index contributed by atoms with van der Waals surface area (Å²) in [6.07, 6.45) is 5.54. The average molecular weight is 425 g/mol. The van der Waals surface area contributed by atoms with Gasteiger partial charge in [0, 0.05) is 53.9 Å². The highest BCUT2D eigenvalue weighted by Gasteiger charge is 2.27. The zero-order chi connectivity index (χ0) is 21.0. The van der Waals surface area contributed by atoms with Crippen molar-refractivity contribution in [1.82, 2.24) is 9.97 Å². The second-order valence-electron chi connectivity index (χ2n) is 7.87. The molecule has 1 aromatic carbocycles. The summed E-state index contributed by atoms with van der Waals surface area (Å²) < 4.78 is 11.8. The van der Waals surface area contributed by atoms with E-state index < -0.39 is 0 Å². The first-order valence-electron chi connectivity index (χ1n) is 10.3. The van der Waals surface area contributed by atoms with Crippen LogP contribution >= 0.6 is 11.3 Å². The molecule has 0 amide bonds. The Kier molecular flexibility index (Phi) is 6.20. The molecule has 0 spiro atoms. The summed E-state index contributed by atoms with van der Waals surface area (Å²) in [5.41, 5.74) is 3.06. The maximum absolute atomic E-state index is 5.94. The zero-order valence-corrected chi connectivity index (χ0v) is 18.5. The summed E-state index contributed by atoms with van der Waals surface area (Å²) in [6, 6.07) is 10.3. The number of ether oxygens (including phenoxy) is 2. The fraction of sp³-hybridized carbons (Fsp3) is 0.391. The van der Waals surface area contributed by atoms with Crippen molar-refractivity contribution in [2.24, 2.45) is 0 Å². The van der Waals surface area contributed by atoms with E-state index >= 15 is 0 Å². The molecule has 1 N–H and O–H groups in total. The zero-order valence-electron chi connectivity index (χ0n) is 17.7. The maximum Gasteiger partial charge on any atom is 0.144 e. The Bertz CT molecular complexity index is 974. The van der Waals surface area contributed by atoms with E-state index in [1.807, 2.05) is 31.5 Å². The quantitative estimate of drug-likeness (QED) is 0.586. The van der Waals surface area contributed by atoms with Gasteiger partial charge in [-0.2, -0.15) is 0 Å². The fourth-order valence-corrected chi connectivity index (χ4v) is 4.40. The van der Waals surface area contributed by atoms with Gasteiger partial charge in [-0.3, -0.25) is 4.98 Å². The third kappa shape index (κ3) is 4.91. The number of benzene rings is 1. The molecule has 1 aliphatic heterocycles. The fourth-order valence-electron chi connectivity index (χ4n) is 3.56. The lowest BCUT2D eigenvalue weighted by Crippen LogP contribution is -2.48. The van der Waals surface area contributed by atoms with Gasteiger partial charge in [-0.1, -0.05) is 0 Å². The van der Waals surface area contributed by atoms with E-state index in [1.165, 1.54) is 0 Å². The maximum atomic E-state index is 5.94. The van der Waals surface area contributed by atoms with Gasteiger partial charge in [0.1, 0.15) is 10.8 Å². The number of thiazole rings is 1. The number of aromatic nitrogens is 2. The Labute approximate surface area is 181 Å². The van der Waals surface area contributed by atoms with E-state index in [-0.39, 0.29) is 5.60 Å². The number of hydrogen-bond acceptors (Lipinski definition) is 7. The van der Waals surface area contributed by atoms with Crippen LogP contribution in [0.15, 0.2) is 48.9 Å². The van der Waals surface area contributed by atoms with Crippen molar-refractivity contribution >= 4 is 22.7 Å². The molecule has 3 aromatic rings. The third-order valence-electron chi connectivity index (χ3n) is 4.97. The van der Waals surface area contributed by atoms with Crippen LogP contribution in [0.25, 0.3) is 10.6 Å². The Morgan fingerprint density at radius 1 is 1.27 bits per heavy atom. The van der Waals surface area contributed by atoms with Crippen molar-refractivity contribution in [3.8, 4) is 16.3 Å². The first-order valence-corrected chi connectivity index (χ1v) is 11.1. The molecule has 2 aromatic heterocycles. The van der Waals surface area contributed by atoms with Crippen molar-refractivity contribution in [2.75, 3.05) is 36.5 Å². The predicted octanol–water partition coefficient (Wildman–Crippen LogP) is 4.83. The third-order valence-corrected chi connectivity index (χ3v) is 6.02. The normalized spacial score (nSPS) is 15.8. The van der Waals surface area contributed by atoms with Gasteiger partial charge in [-0.05, 0) is 45.0 Å². The number of anilines is 2. The molecule has 0 aliphatic carbocycles. The molecule has 30 heavy (non-hydrogen) atoms. The van der Waals surface area contributed by atoms with Gasteiger partial charge in [0.2, 0.25) is 0 Å². The van der Waals surface area contributed by atoms with Crippen LogP contribution in [0.5, 0.6) is 5.75 Å². The molecule has 0 unspecified atom stereocenters. The van der Waals surface area contributed by atoms with E-state index in [9.17, 15) is 0 Å². The summed E-state index contributed by atoms with van der Waals surface area (Å²) in [4.78, 5) is 12.2. The van der Waals surface area contributed by atoms with Gasteiger partial charge in [-0.25, -0.2) is 4.98 Å². The number of nitrogens with zero attached hydrogens (tertiary/aromatic N) is 3. The minimum atomic E-state index is -0.140. The summed E-state index contributed by atoms with van der Waals surface area (Å²) in [7, 11) is 0. The number of pyridine rings is 1. The Morgan fingerprint density at radius 3 is 2.93 bits per heavy atom. The van der Waals surface area contributed by atoms with Crippen LogP contribution in [-0.4, -0.2) is 41.9 Å². The van der Waals surface area contributed by atoms with Gasteiger partial charge in [0.15, 0.2) is 0 Å². The molecule has 1 saturated heterocycles. The molecule has 0 saturated carbocycles. The van der Waals surface area contributed by atoms with E-state index in [1.54, 1.807) is 17.5 Å². The first-order chi connectivity index (χ1) is 14.5. The van der Waals surface area contributed by atoms with Crippen LogP contribution in [0.2, 0.25) is 0 Å². The molecule has 0 atom stereocenters. The summed E-state index contributed by atoms with van der Waals surface area (Å²) in [5, 5.41) is 4.49. The molecule has 158 valence electrons. The van der Waals surface area contributed by atoms with Crippen molar-refractivity contribution in [2.45, 2.75) is 32.9 Å². The van der Waals surface area contributed by atoms with Crippen LogP contribution in [0, 0.1) is 0 Å². The smallest absolute Gasteiger partial charge is 0.144 e. The minimum Gasteiger partial charge on any atom is -0.492 e.